The van der Waals surface area contributed by atoms with Gasteiger partial charge < -0.3 is 15.2 Å². The van der Waals surface area contributed by atoms with E-state index in [0.717, 1.165) is 16.7 Å². The van der Waals surface area contributed by atoms with Crippen molar-refractivity contribution in [2.24, 2.45) is 12.8 Å². The van der Waals surface area contributed by atoms with Crippen molar-refractivity contribution in [2.45, 2.75) is 19.0 Å². The molecule has 8 heteroatoms. The Morgan fingerprint density at radius 1 is 1.27 bits per heavy atom. The first kappa shape index (κ1) is 16.1. The molecule has 0 unspecified atom stereocenters. The van der Waals surface area contributed by atoms with Crippen LogP contribution in [0.15, 0.2) is 47.2 Å². The van der Waals surface area contributed by atoms with Crippen molar-refractivity contribution in [1.82, 2.24) is 19.8 Å². The topological polar surface area (TPSA) is 107 Å². The number of carbonyl (C=O) groups excluding carboxylic acids is 2. The molecule has 1 aromatic carbocycles. The largest absolute Gasteiger partial charge is 0.368 e. The maximum Gasteiger partial charge on any atom is 0.293 e. The summed E-state index contributed by atoms with van der Waals surface area (Å²) >= 11 is 0. The zero-order chi connectivity index (χ0) is 18.3. The van der Waals surface area contributed by atoms with Gasteiger partial charge in [0.1, 0.15) is 11.7 Å². The number of primary amides is 1. The third-order valence-electron chi connectivity index (χ3n) is 4.56. The normalized spacial score (nSPS) is 16.3. The highest BCUT2D eigenvalue weighted by molar-refractivity contribution is 5.96. The summed E-state index contributed by atoms with van der Waals surface area (Å²) in [6, 6.07) is 8.53. The molecule has 26 heavy (non-hydrogen) atoms. The molecule has 0 saturated heterocycles. The van der Waals surface area contributed by atoms with Crippen LogP contribution in [-0.2, 0) is 24.8 Å². The molecule has 4 rings (SSSR count). The third-order valence-corrected chi connectivity index (χ3v) is 4.56. The maximum atomic E-state index is 12.9. The van der Waals surface area contributed by atoms with Crippen molar-refractivity contribution in [3.63, 3.8) is 0 Å². The van der Waals surface area contributed by atoms with Crippen molar-refractivity contribution in [3.05, 3.63) is 59.6 Å². The van der Waals surface area contributed by atoms with E-state index in [1.54, 1.807) is 30.2 Å². The van der Waals surface area contributed by atoms with Gasteiger partial charge in [0.15, 0.2) is 0 Å². The molecule has 2 aromatic heterocycles. The smallest absolute Gasteiger partial charge is 0.293 e. The molecule has 0 radical (unpaired) electrons. The molecule has 2 N–H and O–H groups in total. The molecule has 0 aliphatic carbocycles. The predicted molar refractivity (Wildman–Crippen MR) is 91.7 cm³/mol. The number of nitrogens with zero attached hydrogens (tertiary/aromatic N) is 4. The quantitative estimate of drug-likeness (QED) is 0.761. The van der Waals surface area contributed by atoms with Crippen LogP contribution in [0.3, 0.4) is 0 Å². The zero-order valence-electron chi connectivity index (χ0n) is 14.1. The van der Waals surface area contributed by atoms with Gasteiger partial charge in [0.05, 0.1) is 6.20 Å². The number of aryl methyl sites for hydroxylation is 1. The van der Waals surface area contributed by atoms with Gasteiger partial charge in [0.2, 0.25) is 11.7 Å². The monoisotopic (exact) mass is 351 g/mol. The van der Waals surface area contributed by atoms with Crippen LogP contribution in [0, 0.1) is 0 Å². The van der Waals surface area contributed by atoms with Crippen LogP contribution >= 0.6 is 0 Å². The Bertz CT molecular complexity index is 990. The molecule has 1 aliphatic heterocycles. The second kappa shape index (κ2) is 6.14. The molecule has 2 amide bonds. The highest BCUT2D eigenvalue weighted by Crippen LogP contribution is 2.26. The Balaban J connectivity index is 1.64. The van der Waals surface area contributed by atoms with E-state index < -0.39 is 17.9 Å². The Morgan fingerprint density at radius 2 is 2.04 bits per heavy atom. The Morgan fingerprint density at radius 3 is 2.73 bits per heavy atom. The minimum absolute atomic E-state index is 0.0643. The highest BCUT2D eigenvalue weighted by atomic mass is 16.5. The summed E-state index contributed by atoms with van der Waals surface area (Å²) in [7, 11) is 1.79. The van der Waals surface area contributed by atoms with E-state index in [2.05, 4.69) is 10.3 Å². The molecule has 1 atom stereocenters. The van der Waals surface area contributed by atoms with Crippen molar-refractivity contribution in [1.29, 1.82) is 0 Å². The third kappa shape index (κ3) is 2.75. The minimum atomic E-state index is -0.718. The Kier molecular flexibility index (Phi) is 3.80. The number of hydrogen-bond donors (Lipinski definition) is 1. The first-order valence-corrected chi connectivity index (χ1v) is 8.15. The van der Waals surface area contributed by atoms with Crippen LogP contribution in [0.5, 0.6) is 0 Å². The van der Waals surface area contributed by atoms with E-state index in [1.807, 2.05) is 24.3 Å². The lowest BCUT2D eigenvalue weighted by Gasteiger charge is -2.34. The van der Waals surface area contributed by atoms with Crippen LogP contribution in [0.4, 0.5) is 0 Å². The predicted octanol–water partition coefficient (Wildman–Crippen LogP) is 1.13. The van der Waals surface area contributed by atoms with Crippen LogP contribution in [0.25, 0.3) is 11.3 Å². The number of benzene rings is 1. The van der Waals surface area contributed by atoms with Crippen LogP contribution in [0.1, 0.15) is 21.7 Å². The van der Waals surface area contributed by atoms with Gasteiger partial charge in [-0.15, -0.1) is 0 Å². The summed E-state index contributed by atoms with van der Waals surface area (Å²) in [6.07, 6.45) is 3.80. The van der Waals surface area contributed by atoms with Crippen LogP contribution < -0.4 is 5.73 Å². The van der Waals surface area contributed by atoms with E-state index in [0.29, 0.717) is 18.7 Å². The van der Waals surface area contributed by atoms with E-state index in [1.165, 1.54) is 4.90 Å². The van der Waals surface area contributed by atoms with Gasteiger partial charge in [-0.25, -0.2) is 0 Å². The SMILES string of the molecule is Cn1cc(-c2cc(C(=O)N3Cc4ccccc4C[C@H]3C(N)=O)on2)cn1. The summed E-state index contributed by atoms with van der Waals surface area (Å²) in [5.41, 5.74) is 8.80. The number of fused-ring (bicyclic) bond motifs is 1. The fourth-order valence-electron chi connectivity index (χ4n) is 3.20. The lowest BCUT2D eigenvalue weighted by molar-refractivity contribution is -0.122. The Labute approximate surface area is 149 Å². The summed E-state index contributed by atoms with van der Waals surface area (Å²) in [5.74, 6) is -0.889. The Hall–Kier alpha value is -3.42. The second-order valence-corrected chi connectivity index (χ2v) is 6.30. The minimum Gasteiger partial charge on any atom is -0.368 e. The fourth-order valence-corrected chi connectivity index (χ4v) is 3.20. The maximum absolute atomic E-state index is 12.9. The average Bonchev–Trinajstić information content (AvgIpc) is 3.29. The first-order valence-electron chi connectivity index (χ1n) is 8.15. The van der Waals surface area contributed by atoms with Gasteiger partial charge in [-0.3, -0.25) is 14.3 Å². The number of carbonyl (C=O) groups is 2. The van der Waals surface area contributed by atoms with Crippen molar-refractivity contribution < 1.29 is 14.1 Å². The molecule has 3 aromatic rings. The average molecular weight is 351 g/mol. The lowest BCUT2D eigenvalue weighted by atomic mass is 9.93. The molecular weight excluding hydrogens is 334 g/mol. The van der Waals surface area contributed by atoms with E-state index in [-0.39, 0.29) is 5.76 Å². The van der Waals surface area contributed by atoms with Crippen molar-refractivity contribution in [2.75, 3.05) is 0 Å². The van der Waals surface area contributed by atoms with Gasteiger partial charge in [0.25, 0.3) is 5.91 Å². The van der Waals surface area contributed by atoms with Crippen molar-refractivity contribution in [3.8, 4) is 11.3 Å². The van der Waals surface area contributed by atoms with Crippen LogP contribution in [0.2, 0.25) is 0 Å². The van der Waals surface area contributed by atoms with Crippen LogP contribution in [-0.4, -0.2) is 37.7 Å². The molecular formula is C18H17N5O3. The highest BCUT2D eigenvalue weighted by Gasteiger charge is 2.35. The molecule has 3 heterocycles. The van der Waals surface area contributed by atoms with Crippen molar-refractivity contribution >= 4 is 11.8 Å². The lowest BCUT2D eigenvalue weighted by Crippen LogP contribution is -2.51. The number of rotatable bonds is 3. The van der Waals surface area contributed by atoms with Gasteiger partial charge in [-0.05, 0) is 11.1 Å². The summed E-state index contributed by atoms with van der Waals surface area (Å²) in [5, 5.41) is 8.01. The molecule has 0 spiro atoms. The van der Waals surface area contributed by atoms with E-state index in [9.17, 15) is 9.59 Å². The molecule has 8 nitrogen and oxygen atoms in total. The summed E-state index contributed by atoms with van der Waals surface area (Å²) in [4.78, 5) is 26.3. The van der Waals surface area contributed by atoms with Gasteiger partial charge >= 0.3 is 0 Å². The van der Waals surface area contributed by atoms with E-state index in [4.69, 9.17) is 10.3 Å². The second-order valence-electron chi connectivity index (χ2n) is 6.30. The molecule has 0 fully saturated rings. The number of hydrogen-bond acceptors (Lipinski definition) is 5. The first-order chi connectivity index (χ1) is 12.5. The molecule has 132 valence electrons. The molecule has 0 bridgehead atoms. The number of amides is 2. The van der Waals surface area contributed by atoms with Gasteiger partial charge in [-0.1, -0.05) is 29.4 Å². The van der Waals surface area contributed by atoms with E-state index >= 15 is 0 Å². The fraction of sp³-hybridized carbons (Fsp3) is 0.222. The summed E-state index contributed by atoms with van der Waals surface area (Å²) in [6.45, 7) is 0.297. The van der Waals surface area contributed by atoms with Gasteiger partial charge in [-0.2, -0.15) is 5.10 Å². The molecule has 1 aliphatic rings. The summed E-state index contributed by atoms with van der Waals surface area (Å²) < 4.78 is 6.86. The standard InChI is InChI=1S/C18H17N5O3/c1-22-9-13(8-20-22)14-7-16(26-21-14)18(25)23-10-12-5-3-2-4-11(12)6-15(23)17(19)24/h2-5,7-9,15H,6,10H2,1H3,(H2,19,24)/t15-/m0/s1. The molecule has 0 saturated carbocycles. The van der Waals surface area contributed by atoms with Gasteiger partial charge in [0, 0.05) is 37.8 Å². The zero-order valence-corrected chi connectivity index (χ0v) is 14.1. The number of aromatic nitrogens is 3. The number of nitrogens with two attached hydrogens (primary N) is 1.